The topological polar surface area (TPSA) is 29.3 Å². The number of likely N-dealkylation sites (N-methyl/N-ethyl adjacent to an activating group) is 1. The maximum Gasteiger partial charge on any atom is 0.0450 e. The summed E-state index contributed by atoms with van der Waals surface area (Å²) in [6, 6.07) is 9.96. The van der Waals surface area contributed by atoms with Crippen molar-refractivity contribution in [2.75, 3.05) is 6.54 Å². The van der Waals surface area contributed by atoms with Gasteiger partial charge in [-0.3, -0.25) is 4.90 Å². The number of nitrogens with zero attached hydrogens (tertiary/aromatic N) is 1. The number of nitrogens with two attached hydrogens (primary N) is 1. The summed E-state index contributed by atoms with van der Waals surface area (Å²) in [4.78, 5) is 2.55. The number of hydrogen-bond donors (Lipinski definition) is 1. The molecular formula is C15H24N2. The van der Waals surface area contributed by atoms with Gasteiger partial charge in [0.05, 0.1) is 0 Å². The fourth-order valence-electron chi connectivity index (χ4n) is 2.56. The van der Waals surface area contributed by atoms with Crippen LogP contribution in [0.15, 0.2) is 24.3 Å². The third-order valence-electron chi connectivity index (χ3n) is 3.89. The van der Waals surface area contributed by atoms with E-state index in [1.807, 2.05) is 0 Å². The maximum atomic E-state index is 6.39. The standard InChI is InChI=1S/C15H24N2/c1-4-17(14-9-10-14)12(3)15(16)13-7-5-11(2)6-8-13/h5-8,12,14-15H,4,9-10,16H2,1-3H3. The zero-order valence-electron chi connectivity index (χ0n) is 11.2. The Kier molecular flexibility index (Phi) is 3.85. The van der Waals surface area contributed by atoms with Crippen LogP contribution in [0.3, 0.4) is 0 Å². The predicted molar refractivity (Wildman–Crippen MR) is 73.0 cm³/mol. The van der Waals surface area contributed by atoms with Crippen molar-refractivity contribution in [3.63, 3.8) is 0 Å². The molecule has 94 valence electrons. The lowest BCUT2D eigenvalue weighted by Gasteiger charge is -2.32. The molecule has 2 nitrogen and oxygen atoms in total. The van der Waals surface area contributed by atoms with Gasteiger partial charge < -0.3 is 5.73 Å². The molecule has 2 atom stereocenters. The van der Waals surface area contributed by atoms with E-state index in [-0.39, 0.29) is 6.04 Å². The van der Waals surface area contributed by atoms with E-state index in [1.165, 1.54) is 24.0 Å². The van der Waals surface area contributed by atoms with Crippen LogP contribution in [0.25, 0.3) is 0 Å². The zero-order chi connectivity index (χ0) is 12.4. The van der Waals surface area contributed by atoms with Gasteiger partial charge in [0.15, 0.2) is 0 Å². The molecule has 1 saturated carbocycles. The molecule has 0 saturated heterocycles. The molecule has 1 fully saturated rings. The molecule has 0 radical (unpaired) electrons. The van der Waals surface area contributed by atoms with E-state index in [1.54, 1.807) is 0 Å². The van der Waals surface area contributed by atoms with E-state index >= 15 is 0 Å². The molecule has 0 aliphatic heterocycles. The molecule has 2 heteroatoms. The minimum absolute atomic E-state index is 0.121. The van der Waals surface area contributed by atoms with Gasteiger partial charge in [-0.25, -0.2) is 0 Å². The van der Waals surface area contributed by atoms with Crippen LogP contribution in [0.2, 0.25) is 0 Å². The Morgan fingerprint density at radius 1 is 1.29 bits per heavy atom. The molecule has 1 aliphatic rings. The van der Waals surface area contributed by atoms with Crippen molar-refractivity contribution in [3.8, 4) is 0 Å². The van der Waals surface area contributed by atoms with Gasteiger partial charge in [0.2, 0.25) is 0 Å². The van der Waals surface area contributed by atoms with Gasteiger partial charge in [-0.1, -0.05) is 36.8 Å². The molecule has 1 aromatic carbocycles. The Morgan fingerprint density at radius 2 is 1.88 bits per heavy atom. The molecule has 1 aromatic rings. The van der Waals surface area contributed by atoms with Gasteiger partial charge >= 0.3 is 0 Å². The molecule has 1 aliphatic carbocycles. The Labute approximate surface area is 105 Å². The first-order chi connectivity index (χ1) is 8.13. The van der Waals surface area contributed by atoms with Crippen LogP contribution < -0.4 is 5.73 Å². The minimum Gasteiger partial charge on any atom is -0.323 e. The van der Waals surface area contributed by atoms with E-state index in [0.29, 0.717) is 6.04 Å². The summed E-state index contributed by atoms with van der Waals surface area (Å²) in [6.07, 6.45) is 2.69. The highest BCUT2D eigenvalue weighted by Crippen LogP contribution is 2.31. The van der Waals surface area contributed by atoms with Gasteiger partial charge in [0.1, 0.15) is 0 Å². The minimum atomic E-state index is 0.121. The zero-order valence-corrected chi connectivity index (χ0v) is 11.2. The molecule has 0 aromatic heterocycles. The van der Waals surface area contributed by atoms with Crippen LogP contribution in [0, 0.1) is 6.92 Å². The largest absolute Gasteiger partial charge is 0.323 e. The van der Waals surface area contributed by atoms with Crippen LogP contribution in [-0.4, -0.2) is 23.5 Å². The summed E-state index contributed by atoms with van der Waals surface area (Å²) < 4.78 is 0. The number of rotatable bonds is 5. The Morgan fingerprint density at radius 3 is 2.35 bits per heavy atom. The van der Waals surface area contributed by atoms with Gasteiger partial charge in [0.25, 0.3) is 0 Å². The molecule has 0 amide bonds. The smallest absolute Gasteiger partial charge is 0.0450 e. The van der Waals surface area contributed by atoms with E-state index < -0.39 is 0 Å². The van der Waals surface area contributed by atoms with Gasteiger partial charge in [-0.15, -0.1) is 0 Å². The van der Waals surface area contributed by atoms with Crippen molar-refractivity contribution in [2.45, 2.75) is 51.7 Å². The van der Waals surface area contributed by atoms with Crippen LogP contribution in [0.1, 0.15) is 43.9 Å². The highest BCUT2D eigenvalue weighted by molar-refractivity contribution is 5.25. The first-order valence-corrected chi connectivity index (χ1v) is 6.71. The highest BCUT2D eigenvalue weighted by atomic mass is 15.2. The molecule has 0 heterocycles. The maximum absolute atomic E-state index is 6.39. The van der Waals surface area contributed by atoms with Crippen molar-refractivity contribution < 1.29 is 0 Å². The second kappa shape index (κ2) is 5.19. The van der Waals surface area contributed by atoms with Crippen molar-refractivity contribution >= 4 is 0 Å². The molecular weight excluding hydrogens is 208 g/mol. The summed E-state index contributed by atoms with van der Waals surface area (Å²) >= 11 is 0. The second-order valence-electron chi connectivity index (χ2n) is 5.24. The van der Waals surface area contributed by atoms with Crippen molar-refractivity contribution in [3.05, 3.63) is 35.4 Å². The summed E-state index contributed by atoms with van der Waals surface area (Å²) in [5, 5.41) is 0. The normalized spacial score (nSPS) is 19.4. The van der Waals surface area contributed by atoms with E-state index in [2.05, 4.69) is 49.9 Å². The molecule has 0 bridgehead atoms. The fourth-order valence-corrected chi connectivity index (χ4v) is 2.56. The van der Waals surface area contributed by atoms with Gasteiger partial charge in [0, 0.05) is 18.1 Å². The fraction of sp³-hybridized carbons (Fsp3) is 0.600. The third kappa shape index (κ3) is 2.88. The predicted octanol–water partition coefficient (Wildman–Crippen LogP) is 2.87. The van der Waals surface area contributed by atoms with E-state index in [0.717, 1.165) is 12.6 Å². The molecule has 2 rings (SSSR count). The molecule has 2 N–H and O–H groups in total. The third-order valence-corrected chi connectivity index (χ3v) is 3.89. The SMILES string of the molecule is CCN(C1CC1)C(C)C(N)c1ccc(C)cc1. The molecule has 17 heavy (non-hydrogen) atoms. The lowest BCUT2D eigenvalue weighted by Crippen LogP contribution is -2.42. The van der Waals surface area contributed by atoms with Crippen LogP contribution in [0.5, 0.6) is 0 Å². The summed E-state index contributed by atoms with van der Waals surface area (Å²) in [7, 11) is 0. The Hall–Kier alpha value is -0.860. The quantitative estimate of drug-likeness (QED) is 0.846. The number of aryl methyl sites for hydroxylation is 1. The van der Waals surface area contributed by atoms with Crippen LogP contribution in [-0.2, 0) is 0 Å². The first-order valence-electron chi connectivity index (χ1n) is 6.71. The summed E-state index contributed by atoms with van der Waals surface area (Å²) in [5.41, 5.74) is 8.94. The van der Waals surface area contributed by atoms with Gasteiger partial charge in [-0.2, -0.15) is 0 Å². The van der Waals surface area contributed by atoms with Crippen molar-refractivity contribution in [1.82, 2.24) is 4.90 Å². The Balaban J connectivity index is 2.07. The summed E-state index contributed by atoms with van der Waals surface area (Å²) in [6.45, 7) is 7.70. The lowest BCUT2D eigenvalue weighted by atomic mass is 9.99. The van der Waals surface area contributed by atoms with Crippen LogP contribution >= 0.6 is 0 Å². The molecule has 0 spiro atoms. The molecule has 2 unspecified atom stereocenters. The Bertz CT molecular complexity index is 354. The monoisotopic (exact) mass is 232 g/mol. The number of hydrogen-bond acceptors (Lipinski definition) is 2. The van der Waals surface area contributed by atoms with Gasteiger partial charge in [-0.05, 0) is 38.8 Å². The van der Waals surface area contributed by atoms with E-state index in [4.69, 9.17) is 5.73 Å². The van der Waals surface area contributed by atoms with E-state index in [9.17, 15) is 0 Å². The first kappa shape index (κ1) is 12.6. The van der Waals surface area contributed by atoms with Crippen LogP contribution in [0.4, 0.5) is 0 Å². The number of benzene rings is 1. The van der Waals surface area contributed by atoms with Crippen molar-refractivity contribution in [2.24, 2.45) is 5.73 Å². The lowest BCUT2D eigenvalue weighted by molar-refractivity contribution is 0.184. The summed E-state index contributed by atoms with van der Waals surface area (Å²) in [5.74, 6) is 0. The highest BCUT2D eigenvalue weighted by Gasteiger charge is 2.33. The average Bonchev–Trinajstić information content (AvgIpc) is 3.14. The van der Waals surface area contributed by atoms with Crippen molar-refractivity contribution in [1.29, 1.82) is 0 Å². The second-order valence-corrected chi connectivity index (χ2v) is 5.24. The average molecular weight is 232 g/mol.